The van der Waals surface area contributed by atoms with Crippen LogP contribution in [-0.2, 0) is 33.3 Å². The number of rotatable bonds is 64. The van der Waals surface area contributed by atoms with E-state index in [-0.39, 0.29) is 32.2 Å². The fraction of sp³-hybridized carbons (Fsp3) is 0.926. The lowest BCUT2D eigenvalue weighted by Crippen LogP contribution is -2.44. The molecule has 0 aliphatic carbocycles. The van der Waals surface area contributed by atoms with E-state index in [0.717, 1.165) is 38.5 Å². The van der Waals surface area contributed by atoms with Gasteiger partial charge in [0.25, 0.3) is 0 Å². The third-order valence-electron chi connectivity index (χ3n) is 15.5. The normalized spacial score (nSPS) is 12.7. The molecule has 0 saturated carbocycles. The van der Waals surface area contributed by atoms with Gasteiger partial charge in [-0.3, -0.25) is 9.59 Å². The van der Waals surface area contributed by atoms with Gasteiger partial charge in [-0.1, -0.05) is 309 Å². The first-order chi connectivity index (χ1) is 37.6. The molecule has 0 radical (unpaired) electrons. The van der Waals surface area contributed by atoms with E-state index in [1.54, 1.807) is 0 Å². The van der Waals surface area contributed by atoms with E-state index in [9.17, 15) is 19.5 Å². The summed E-state index contributed by atoms with van der Waals surface area (Å²) in [7, 11) is 5.94. The van der Waals surface area contributed by atoms with Gasteiger partial charge in [-0.2, -0.15) is 0 Å². The Bertz CT molecular complexity index is 1270. The number of allylic oxidation sites excluding steroid dienone is 2. The third kappa shape index (κ3) is 61.5. The lowest BCUT2D eigenvalue weighted by Gasteiger charge is -2.26. The van der Waals surface area contributed by atoms with E-state index < -0.39 is 24.3 Å². The molecule has 0 heterocycles. The Morgan fingerprint density at radius 2 is 0.662 bits per heavy atom. The lowest BCUT2D eigenvalue weighted by molar-refractivity contribution is -0.870. The Hall–Kier alpha value is -1.97. The van der Waals surface area contributed by atoms with Gasteiger partial charge in [-0.05, 0) is 38.5 Å². The molecule has 77 heavy (non-hydrogen) atoms. The number of ether oxygens (including phenoxy) is 4. The summed E-state index contributed by atoms with van der Waals surface area (Å²) < 4.78 is 22.8. The van der Waals surface area contributed by atoms with Crippen LogP contribution in [0.15, 0.2) is 12.2 Å². The number of hydrogen-bond acceptors (Lipinski definition) is 8. The Labute approximate surface area is 478 Å². The number of nitrogens with zero attached hydrogens (tertiary/aromatic N) is 1. The van der Waals surface area contributed by atoms with Crippen molar-refractivity contribution in [2.24, 2.45) is 0 Å². The SMILES string of the molecule is CCCCCCCCCC/C=C\CCCCCCCCCCCCCCCCCCCCCCCCCCCC(=O)OC(COC(=O)CCCCCCCCCCCCCCCCC)COC(OCC[N+](C)(C)C)C(=O)[O-]. The van der Waals surface area contributed by atoms with Crippen LogP contribution in [0.25, 0.3) is 0 Å². The van der Waals surface area contributed by atoms with Gasteiger partial charge in [-0.25, -0.2) is 0 Å². The van der Waals surface area contributed by atoms with Gasteiger partial charge >= 0.3 is 11.9 Å². The summed E-state index contributed by atoms with van der Waals surface area (Å²) in [5, 5.41) is 11.8. The second kappa shape index (κ2) is 60.1. The van der Waals surface area contributed by atoms with Gasteiger partial charge in [0.15, 0.2) is 12.4 Å². The van der Waals surface area contributed by atoms with Crippen LogP contribution in [0.3, 0.4) is 0 Å². The standard InChI is InChI=1S/C68H131NO8/c1-6-8-10-12-14-16-18-20-22-23-24-25-26-27-28-29-30-31-32-33-34-35-36-37-38-39-40-41-42-43-45-47-49-51-53-55-57-59-66(71)77-64(63-76-68(67(72)73)74-61-60-69(3,4)5)62-75-65(70)58-56-54-52-50-48-46-44-21-19-17-15-13-11-9-7-2/h23-24,64,68H,6-22,25-63H2,1-5H3/b24-23-. The number of aliphatic carboxylic acids is 1. The zero-order valence-corrected chi connectivity index (χ0v) is 52.1. The number of carbonyl (C=O) groups excluding carboxylic acids is 3. The van der Waals surface area contributed by atoms with Crippen LogP contribution in [0, 0.1) is 0 Å². The maximum atomic E-state index is 12.9. The van der Waals surface area contributed by atoms with Crippen LogP contribution >= 0.6 is 0 Å². The molecule has 0 fully saturated rings. The minimum Gasteiger partial charge on any atom is -0.545 e. The van der Waals surface area contributed by atoms with E-state index in [1.165, 1.54) is 283 Å². The molecule has 0 rings (SSSR count). The predicted octanol–water partition coefficient (Wildman–Crippen LogP) is 19.1. The van der Waals surface area contributed by atoms with E-state index in [1.807, 2.05) is 21.1 Å². The van der Waals surface area contributed by atoms with Gasteiger partial charge in [0.2, 0.25) is 0 Å². The van der Waals surface area contributed by atoms with Crippen molar-refractivity contribution in [3.05, 3.63) is 12.2 Å². The molecule has 0 saturated heterocycles. The first kappa shape index (κ1) is 75.0. The Balaban J connectivity index is 3.94. The second-order valence-corrected chi connectivity index (χ2v) is 24.5. The smallest absolute Gasteiger partial charge is 0.306 e. The van der Waals surface area contributed by atoms with Crippen molar-refractivity contribution in [2.75, 3.05) is 47.5 Å². The van der Waals surface area contributed by atoms with Crippen molar-refractivity contribution in [2.45, 2.75) is 360 Å². The molecule has 0 spiro atoms. The monoisotopic (exact) mass is 1090 g/mol. The number of esters is 2. The molecular formula is C68H131NO8. The van der Waals surface area contributed by atoms with Crippen LogP contribution in [0.5, 0.6) is 0 Å². The number of carbonyl (C=O) groups is 3. The second-order valence-electron chi connectivity index (χ2n) is 24.5. The van der Waals surface area contributed by atoms with Crippen molar-refractivity contribution < 1.29 is 42.9 Å². The average Bonchev–Trinajstić information content (AvgIpc) is 3.40. The Kier molecular flexibility index (Phi) is 58.6. The summed E-state index contributed by atoms with van der Waals surface area (Å²) in [6.07, 6.45) is 68.8. The minimum atomic E-state index is -1.62. The fourth-order valence-electron chi connectivity index (χ4n) is 10.3. The summed E-state index contributed by atoms with van der Waals surface area (Å²) in [4.78, 5) is 37.3. The number of hydrogen-bond donors (Lipinski definition) is 0. The molecule has 456 valence electrons. The highest BCUT2D eigenvalue weighted by Crippen LogP contribution is 2.19. The Morgan fingerprint density at radius 1 is 0.377 bits per heavy atom. The maximum absolute atomic E-state index is 12.9. The van der Waals surface area contributed by atoms with Crippen LogP contribution in [0.2, 0.25) is 0 Å². The van der Waals surface area contributed by atoms with Crippen molar-refractivity contribution in [3.63, 3.8) is 0 Å². The molecule has 0 N–H and O–H groups in total. The molecule has 0 aliphatic rings. The number of carboxylic acids is 1. The van der Waals surface area contributed by atoms with E-state index in [4.69, 9.17) is 18.9 Å². The van der Waals surface area contributed by atoms with Gasteiger partial charge in [0.05, 0.1) is 40.3 Å². The van der Waals surface area contributed by atoms with Crippen LogP contribution in [-0.4, -0.2) is 82.3 Å². The molecule has 0 aromatic heterocycles. The molecule has 2 atom stereocenters. The highest BCUT2D eigenvalue weighted by atomic mass is 16.7. The molecule has 0 aliphatic heterocycles. The quantitative estimate of drug-likeness (QED) is 0.0195. The summed E-state index contributed by atoms with van der Waals surface area (Å²) in [5.74, 6) is -2.25. The predicted molar refractivity (Wildman–Crippen MR) is 325 cm³/mol. The zero-order valence-electron chi connectivity index (χ0n) is 52.1. The molecule has 0 aromatic rings. The van der Waals surface area contributed by atoms with Crippen LogP contribution in [0.1, 0.15) is 348 Å². The van der Waals surface area contributed by atoms with Gasteiger partial charge in [0, 0.05) is 12.8 Å². The van der Waals surface area contributed by atoms with E-state index in [2.05, 4.69) is 26.0 Å². The van der Waals surface area contributed by atoms with Crippen molar-refractivity contribution in [1.82, 2.24) is 0 Å². The highest BCUT2D eigenvalue weighted by molar-refractivity contribution is 5.70. The van der Waals surface area contributed by atoms with Crippen LogP contribution < -0.4 is 5.11 Å². The number of quaternary nitrogens is 1. The summed E-state index contributed by atoms with van der Waals surface area (Å²) >= 11 is 0. The molecule has 2 unspecified atom stereocenters. The first-order valence-corrected chi connectivity index (χ1v) is 33.8. The number of likely N-dealkylation sites (N-methyl/N-ethyl adjacent to an activating group) is 1. The summed E-state index contributed by atoms with van der Waals surface area (Å²) in [6, 6.07) is 0. The third-order valence-corrected chi connectivity index (χ3v) is 15.5. The zero-order chi connectivity index (χ0) is 56.2. The average molecular weight is 1090 g/mol. The number of unbranched alkanes of at least 4 members (excludes halogenated alkanes) is 47. The van der Waals surface area contributed by atoms with Gasteiger partial charge < -0.3 is 33.3 Å². The van der Waals surface area contributed by atoms with Crippen molar-refractivity contribution in [1.29, 1.82) is 0 Å². The molecule has 0 aromatic carbocycles. The van der Waals surface area contributed by atoms with Crippen molar-refractivity contribution >= 4 is 17.9 Å². The van der Waals surface area contributed by atoms with E-state index >= 15 is 0 Å². The summed E-state index contributed by atoms with van der Waals surface area (Å²) in [6.45, 7) is 4.81. The topological polar surface area (TPSA) is 111 Å². The Morgan fingerprint density at radius 3 is 0.961 bits per heavy atom. The van der Waals surface area contributed by atoms with Gasteiger partial charge in [0.1, 0.15) is 13.2 Å². The minimum absolute atomic E-state index is 0.153. The molecule has 9 heteroatoms. The lowest BCUT2D eigenvalue weighted by atomic mass is 10.0. The first-order valence-electron chi connectivity index (χ1n) is 33.8. The highest BCUT2D eigenvalue weighted by Gasteiger charge is 2.22. The fourth-order valence-corrected chi connectivity index (χ4v) is 10.3. The molecule has 9 nitrogen and oxygen atoms in total. The van der Waals surface area contributed by atoms with Crippen molar-refractivity contribution in [3.8, 4) is 0 Å². The molecule has 0 amide bonds. The van der Waals surface area contributed by atoms with Crippen LogP contribution in [0.4, 0.5) is 0 Å². The van der Waals surface area contributed by atoms with E-state index in [0.29, 0.717) is 17.4 Å². The number of carboxylic acid groups (broad SMARTS) is 1. The maximum Gasteiger partial charge on any atom is 0.306 e. The summed E-state index contributed by atoms with van der Waals surface area (Å²) in [5.41, 5.74) is 0. The molecule has 0 bridgehead atoms. The van der Waals surface area contributed by atoms with Gasteiger partial charge in [-0.15, -0.1) is 0 Å². The largest absolute Gasteiger partial charge is 0.545 e. The molecular weight excluding hydrogens is 959 g/mol.